The molecule has 8 nitrogen and oxygen atoms in total. The zero-order valence-corrected chi connectivity index (χ0v) is 16.4. The lowest BCUT2D eigenvalue weighted by Crippen LogP contribution is -2.25. The van der Waals surface area contributed by atoms with E-state index in [0.717, 1.165) is 5.56 Å². The zero-order chi connectivity index (χ0) is 19.7. The van der Waals surface area contributed by atoms with Crippen LogP contribution in [0.2, 0.25) is 5.02 Å². The van der Waals surface area contributed by atoms with Crippen molar-refractivity contribution >= 4 is 39.9 Å². The van der Waals surface area contributed by atoms with Crippen molar-refractivity contribution in [2.24, 2.45) is 12.0 Å². The van der Waals surface area contributed by atoms with E-state index >= 15 is 0 Å². The predicted molar refractivity (Wildman–Crippen MR) is 106 cm³/mol. The van der Waals surface area contributed by atoms with Gasteiger partial charge in [-0.15, -0.1) is 11.3 Å². The van der Waals surface area contributed by atoms with Crippen LogP contribution in [0.3, 0.4) is 0 Å². The molecule has 0 aliphatic carbocycles. The summed E-state index contributed by atoms with van der Waals surface area (Å²) in [5.74, 6) is -0.442. The fraction of sp³-hybridized carbons (Fsp3) is 0.167. The SMILES string of the molecule is Cn1ncc2c(=O)n(CC(=O)N=c3sccn3Cc3ccccc3Cl)cnc21. The molecule has 142 valence electrons. The van der Waals surface area contributed by atoms with Crippen molar-refractivity contribution in [1.82, 2.24) is 23.9 Å². The standard InChI is InChI=1S/C18H15ClN6O2S/c1-23-16-13(8-21-23)17(27)25(11-20-16)10-15(26)22-18-24(6-7-28-18)9-12-4-2-3-5-14(12)19/h2-8,11H,9-10H2,1H3. The number of carbonyl (C=O) groups excluding carboxylic acids is 1. The number of aromatic nitrogens is 5. The summed E-state index contributed by atoms with van der Waals surface area (Å²) in [5.41, 5.74) is 1.08. The number of hydrogen-bond donors (Lipinski definition) is 0. The van der Waals surface area contributed by atoms with Gasteiger partial charge in [-0.05, 0) is 11.6 Å². The van der Waals surface area contributed by atoms with Gasteiger partial charge in [0.15, 0.2) is 10.4 Å². The van der Waals surface area contributed by atoms with Crippen LogP contribution in [0.4, 0.5) is 0 Å². The number of aryl methyl sites for hydroxylation is 1. The molecule has 10 heteroatoms. The second-order valence-electron chi connectivity index (χ2n) is 6.09. The van der Waals surface area contributed by atoms with Gasteiger partial charge in [0, 0.05) is 23.6 Å². The topological polar surface area (TPSA) is 87.1 Å². The Morgan fingerprint density at radius 1 is 1.29 bits per heavy atom. The lowest BCUT2D eigenvalue weighted by atomic mass is 10.2. The van der Waals surface area contributed by atoms with E-state index in [0.29, 0.717) is 27.4 Å². The second-order valence-corrected chi connectivity index (χ2v) is 7.37. The van der Waals surface area contributed by atoms with Gasteiger partial charge in [-0.3, -0.25) is 18.8 Å². The first-order valence-corrected chi connectivity index (χ1v) is 9.61. The molecule has 0 aliphatic rings. The molecule has 0 saturated heterocycles. The van der Waals surface area contributed by atoms with Crippen LogP contribution in [0.5, 0.6) is 0 Å². The van der Waals surface area contributed by atoms with Crippen molar-refractivity contribution in [3.63, 3.8) is 0 Å². The van der Waals surface area contributed by atoms with Gasteiger partial charge in [0.2, 0.25) is 0 Å². The average molecular weight is 415 g/mol. The number of hydrogen-bond acceptors (Lipinski definition) is 5. The first kappa shape index (κ1) is 18.3. The number of carbonyl (C=O) groups is 1. The summed E-state index contributed by atoms with van der Waals surface area (Å²) in [4.78, 5) is 33.8. The van der Waals surface area contributed by atoms with Crippen LogP contribution in [0, 0.1) is 0 Å². The molecular formula is C18H15ClN6O2S. The third-order valence-corrected chi connectivity index (χ3v) is 5.37. The van der Waals surface area contributed by atoms with Gasteiger partial charge >= 0.3 is 0 Å². The van der Waals surface area contributed by atoms with E-state index < -0.39 is 5.91 Å². The molecule has 4 aromatic rings. The molecule has 0 aliphatic heterocycles. The fourth-order valence-corrected chi connectivity index (χ4v) is 3.72. The first-order valence-electron chi connectivity index (χ1n) is 8.35. The predicted octanol–water partition coefficient (Wildman–Crippen LogP) is 1.82. The van der Waals surface area contributed by atoms with E-state index in [2.05, 4.69) is 15.1 Å². The van der Waals surface area contributed by atoms with E-state index in [4.69, 9.17) is 11.6 Å². The molecule has 0 bridgehead atoms. The number of benzene rings is 1. The Hall–Kier alpha value is -3.04. The molecule has 1 amide bonds. The van der Waals surface area contributed by atoms with Crippen LogP contribution in [-0.2, 0) is 24.9 Å². The molecular weight excluding hydrogens is 400 g/mol. The molecule has 1 aromatic carbocycles. The summed E-state index contributed by atoms with van der Waals surface area (Å²) >= 11 is 7.55. The van der Waals surface area contributed by atoms with Crippen LogP contribution in [0.25, 0.3) is 11.0 Å². The minimum Gasteiger partial charge on any atom is -0.319 e. The number of rotatable bonds is 4. The van der Waals surface area contributed by atoms with E-state index in [-0.39, 0.29) is 12.1 Å². The molecule has 0 N–H and O–H groups in total. The number of halogens is 1. The highest BCUT2D eigenvalue weighted by Gasteiger charge is 2.11. The van der Waals surface area contributed by atoms with Gasteiger partial charge in [0.05, 0.1) is 12.7 Å². The van der Waals surface area contributed by atoms with Crippen molar-refractivity contribution in [2.45, 2.75) is 13.1 Å². The summed E-state index contributed by atoms with van der Waals surface area (Å²) < 4.78 is 4.59. The molecule has 0 spiro atoms. The molecule has 0 unspecified atom stereocenters. The Kier molecular flexibility index (Phi) is 4.93. The van der Waals surface area contributed by atoms with Crippen LogP contribution in [0.1, 0.15) is 5.56 Å². The normalized spacial score (nSPS) is 12.0. The van der Waals surface area contributed by atoms with Crippen LogP contribution in [0.15, 0.2) is 58.2 Å². The van der Waals surface area contributed by atoms with Crippen molar-refractivity contribution < 1.29 is 4.79 Å². The maximum Gasteiger partial charge on any atom is 0.268 e. The third kappa shape index (κ3) is 3.54. The molecule has 0 radical (unpaired) electrons. The van der Waals surface area contributed by atoms with Gasteiger partial charge in [-0.2, -0.15) is 10.1 Å². The van der Waals surface area contributed by atoms with Crippen molar-refractivity contribution in [2.75, 3.05) is 0 Å². The maximum absolute atomic E-state index is 12.5. The smallest absolute Gasteiger partial charge is 0.268 e. The Labute approximate surface area is 168 Å². The highest BCUT2D eigenvalue weighted by atomic mass is 35.5. The highest BCUT2D eigenvalue weighted by Crippen LogP contribution is 2.15. The molecule has 3 heterocycles. The second kappa shape index (κ2) is 7.53. The average Bonchev–Trinajstić information content (AvgIpc) is 3.26. The maximum atomic E-state index is 12.5. The quantitative estimate of drug-likeness (QED) is 0.509. The minimum atomic E-state index is -0.442. The summed E-state index contributed by atoms with van der Waals surface area (Å²) in [5, 5.41) is 6.88. The van der Waals surface area contributed by atoms with Crippen LogP contribution >= 0.6 is 22.9 Å². The number of thiazole rings is 1. The van der Waals surface area contributed by atoms with E-state index in [9.17, 15) is 9.59 Å². The van der Waals surface area contributed by atoms with Crippen molar-refractivity contribution in [3.05, 3.63) is 74.1 Å². The molecule has 0 saturated carbocycles. The van der Waals surface area contributed by atoms with E-state index in [1.165, 1.54) is 33.1 Å². The van der Waals surface area contributed by atoms with Gasteiger partial charge in [-0.25, -0.2) is 4.98 Å². The summed E-state index contributed by atoms with van der Waals surface area (Å²) in [6.07, 6.45) is 4.63. The Morgan fingerprint density at radius 2 is 2.11 bits per heavy atom. The lowest BCUT2D eigenvalue weighted by molar-refractivity contribution is -0.118. The largest absolute Gasteiger partial charge is 0.319 e. The lowest BCUT2D eigenvalue weighted by Gasteiger charge is -2.05. The van der Waals surface area contributed by atoms with Crippen LogP contribution < -0.4 is 10.4 Å². The zero-order valence-electron chi connectivity index (χ0n) is 14.8. The molecule has 3 aromatic heterocycles. The van der Waals surface area contributed by atoms with Gasteiger partial charge in [-0.1, -0.05) is 29.8 Å². The molecule has 28 heavy (non-hydrogen) atoms. The fourth-order valence-electron chi connectivity index (χ4n) is 2.78. The van der Waals surface area contributed by atoms with Crippen molar-refractivity contribution in [1.29, 1.82) is 0 Å². The number of amides is 1. The molecule has 0 fully saturated rings. The Bertz CT molecular complexity index is 1300. The van der Waals surface area contributed by atoms with Gasteiger partial charge < -0.3 is 4.57 Å². The summed E-state index contributed by atoms with van der Waals surface area (Å²) in [6, 6.07) is 7.51. The van der Waals surface area contributed by atoms with E-state index in [1.54, 1.807) is 7.05 Å². The number of fused-ring (bicyclic) bond motifs is 1. The molecule has 4 rings (SSSR count). The Morgan fingerprint density at radius 3 is 2.93 bits per heavy atom. The van der Waals surface area contributed by atoms with Gasteiger partial charge in [0.1, 0.15) is 18.3 Å². The molecule has 0 atom stereocenters. The monoisotopic (exact) mass is 414 g/mol. The first-order chi connectivity index (χ1) is 13.5. The summed E-state index contributed by atoms with van der Waals surface area (Å²) in [6.45, 7) is 0.305. The summed E-state index contributed by atoms with van der Waals surface area (Å²) in [7, 11) is 1.70. The number of nitrogens with zero attached hydrogens (tertiary/aromatic N) is 6. The highest BCUT2D eigenvalue weighted by molar-refractivity contribution is 7.07. The minimum absolute atomic E-state index is 0.194. The van der Waals surface area contributed by atoms with Crippen LogP contribution in [-0.4, -0.2) is 29.8 Å². The van der Waals surface area contributed by atoms with E-state index in [1.807, 2.05) is 40.4 Å². The van der Waals surface area contributed by atoms with Crippen molar-refractivity contribution in [3.8, 4) is 0 Å². The Balaban J connectivity index is 1.60. The van der Waals surface area contributed by atoms with Gasteiger partial charge in [0.25, 0.3) is 11.5 Å². The third-order valence-electron chi connectivity index (χ3n) is 4.20.